The number of amides is 1. The summed E-state index contributed by atoms with van der Waals surface area (Å²) in [4.78, 5) is 13.4. The van der Waals surface area contributed by atoms with E-state index >= 15 is 0 Å². The van der Waals surface area contributed by atoms with E-state index in [0.717, 1.165) is 43.6 Å². The van der Waals surface area contributed by atoms with Crippen molar-refractivity contribution in [3.63, 3.8) is 0 Å². The Morgan fingerprint density at radius 1 is 1.08 bits per heavy atom. The molecule has 1 amide bonds. The first-order valence-corrected chi connectivity index (χ1v) is 12.4. The van der Waals surface area contributed by atoms with Gasteiger partial charge < -0.3 is 34.3 Å². The molecule has 2 bridgehead atoms. The Morgan fingerprint density at radius 2 is 1.78 bits per heavy atom. The topological polar surface area (TPSA) is 89.7 Å². The number of benzene rings is 3. The Labute approximate surface area is 206 Å². The largest absolute Gasteiger partial charge is 0.375 e. The highest BCUT2D eigenvalue weighted by Gasteiger charge is 2.53. The van der Waals surface area contributed by atoms with Crippen molar-refractivity contribution in [1.82, 2.24) is 19.8 Å². The molecule has 0 saturated carbocycles. The zero-order chi connectivity index (χ0) is 24.5. The first-order chi connectivity index (χ1) is 17.5. The van der Waals surface area contributed by atoms with Gasteiger partial charge in [-0.05, 0) is 26.1 Å². The minimum absolute atomic E-state index is 0.0289. The molecule has 5 aromatic rings. The molecule has 1 saturated heterocycles. The molecule has 0 spiro atoms. The molecule has 8 rings (SSSR count). The molecule has 3 aliphatic rings. The van der Waals surface area contributed by atoms with Crippen LogP contribution in [0, 0.1) is 0 Å². The SMILES string of the molecule is CN[C@H]1CC2O[C@](C)([C@@H]1OC)n1c3ccccc3c3c4c(c5c6ccccc6n2c5c31)C(=O)N[C@H]4O. The van der Waals surface area contributed by atoms with E-state index in [1.54, 1.807) is 7.11 Å². The lowest BCUT2D eigenvalue weighted by Crippen LogP contribution is -2.59. The predicted octanol–water partition coefficient (Wildman–Crippen LogP) is 3.84. The Bertz CT molecular complexity index is 1790. The molecule has 3 N–H and O–H groups in total. The number of carbonyl (C=O) groups excluding carboxylic acids is 1. The molecule has 0 radical (unpaired) electrons. The molecule has 8 nitrogen and oxygen atoms in total. The number of methoxy groups -OCH3 is 1. The molecule has 0 aliphatic carbocycles. The van der Waals surface area contributed by atoms with Gasteiger partial charge in [0.1, 0.15) is 12.3 Å². The summed E-state index contributed by atoms with van der Waals surface area (Å²) in [5.74, 6) is -0.249. The van der Waals surface area contributed by atoms with E-state index < -0.39 is 12.0 Å². The monoisotopic (exact) mass is 482 g/mol. The number of aliphatic hydroxyl groups is 1. The number of hydrogen-bond donors (Lipinski definition) is 3. The van der Waals surface area contributed by atoms with Crippen LogP contribution in [0.5, 0.6) is 0 Å². The maximum atomic E-state index is 13.4. The molecule has 5 atom stereocenters. The van der Waals surface area contributed by atoms with Gasteiger partial charge in [-0.1, -0.05) is 36.4 Å². The first kappa shape index (κ1) is 20.7. The highest BCUT2D eigenvalue weighted by Crippen LogP contribution is 2.54. The van der Waals surface area contributed by atoms with Crippen LogP contribution in [0.4, 0.5) is 0 Å². The number of hydrogen-bond acceptors (Lipinski definition) is 5. The summed E-state index contributed by atoms with van der Waals surface area (Å²) in [7, 11) is 3.70. The summed E-state index contributed by atoms with van der Waals surface area (Å²) in [5.41, 5.74) is 4.25. The summed E-state index contributed by atoms with van der Waals surface area (Å²) in [5, 5.41) is 21.1. The summed E-state index contributed by atoms with van der Waals surface area (Å²) in [6, 6.07) is 16.4. The third-order valence-electron chi connectivity index (χ3n) is 8.65. The predicted molar refractivity (Wildman–Crippen MR) is 137 cm³/mol. The van der Waals surface area contributed by atoms with Crippen LogP contribution < -0.4 is 10.6 Å². The number of nitrogens with zero attached hydrogens (tertiary/aromatic N) is 2. The fraction of sp³-hybridized carbons (Fsp3) is 0.321. The fourth-order valence-electron chi connectivity index (χ4n) is 7.38. The normalized spacial score (nSPS) is 28.9. The number of aromatic nitrogens is 2. The molecule has 1 fully saturated rings. The van der Waals surface area contributed by atoms with Crippen molar-refractivity contribution in [3.05, 3.63) is 59.7 Å². The van der Waals surface area contributed by atoms with Crippen LogP contribution in [0.15, 0.2) is 48.5 Å². The van der Waals surface area contributed by atoms with Crippen LogP contribution in [0.2, 0.25) is 0 Å². The number of likely N-dealkylation sites (N-methyl/N-ethyl adjacent to an activating group) is 1. The molecule has 5 heterocycles. The number of para-hydroxylation sites is 2. The van der Waals surface area contributed by atoms with Crippen molar-refractivity contribution in [2.45, 2.75) is 43.7 Å². The third kappa shape index (κ3) is 2.15. The Morgan fingerprint density at radius 3 is 2.50 bits per heavy atom. The Kier molecular flexibility index (Phi) is 3.83. The molecule has 3 aromatic carbocycles. The van der Waals surface area contributed by atoms with Crippen molar-refractivity contribution in [2.75, 3.05) is 14.2 Å². The highest BCUT2D eigenvalue weighted by molar-refractivity contribution is 6.31. The quantitative estimate of drug-likeness (QED) is 0.356. The van der Waals surface area contributed by atoms with Gasteiger partial charge in [0.15, 0.2) is 12.0 Å². The number of aliphatic hydroxyl groups excluding tert-OH is 1. The van der Waals surface area contributed by atoms with Gasteiger partial charge in [0.25, 0.3) is 5.91 Å². The van der Waals surface area contributed by atoms with Crippen molar-refractivity contribution in [1.29, 1.82) is 0 Å². The lowest BCUT2D eigenvalue weighted by atomic mass is 9.93. The van der Waals surface area contributed by atoms with E-state index in [-0.39, 0.29) is 24.3 Å². The molecule has 36 heavy (non-hydrogen) atoms. The molecule has 8 heteroatoms. The summed E-state index contributed by atoms with van der Waals surface area (Å²) in [6.45, 7) is 2.09. The highest BCUT2D eigenvalue weighted by atomic mass is 16.6. The second-order valence-corrected chi connectivity index (χ2v) is 10.3. The van der Waals surface area contributed by atoms with Crippen LogP contribution >= 0.6 is 0 Å². The zero-order valence-corrected chi connectivity index (χ0v) is 20.2. The van der Waals surface area contributed by atoms with Crippen molar-refractivity contribution in [3.8, 4) is 0 Å². The van der Waals surface area contributed by atoms with Crippen LogP contribution in [0.1, 0.15) is 41.7 Å². The minimum Gasteiger partial charge on any atom is -0.375 e. The number of nitrogens with one attached hydrogen (secondary N) is 2. The van der Waals surface area contributed by atoms with Crippen molar-refractivity contribution in [2.24, 2.45) is 0 Å². The van der Waals surface area contributed by atoms with Crippen molar-refractivity contribution < 1.29 is 19.4 Å². The molecule has 2 aromatic heterocycles. The summed E-state index contributed by atoms with van der Waals surface area (Å²) >= 11 is 0. The van der Waals surface area contributed by atoms with E-state index in [1.807, 2.05) is 31.3 Å². The van der Waals surface area contributed by atoms with Gasteiger partial charge in [-0.2, -0.15) is 0 Å². The van der Waals surface area contributed by atoms with Gasteiger partial charge >= 0.3 is 0 Å². The lowest BCUT2D eigenvalue weighted by Gasteiger charge is -2.48. The van der Waals surface area contributed by atoms with Crippen LogP contribution in [-0.2, 0) is 15.2 Å². The second kappa shape index (κ2) is 6.66. The molecule has 1 unspecified atom stereocenters. The smallest absolute Gasteiger partial charge is 0.254 e. The van der Waals surface area contributed by atoms with Gasteiger partial charge in [-0.25, -0.2) is 0 Å². The molecular formula is C28H26N4O4. The van der Waals surface area contributed by atoms with Crippen LogP contribution in [0.3, 0.4) is 0 Å². The van der Waals surface area contributed by atoms with E-state index in [1.165, 1.54) is 0 Å². The molecule has 3 aliphatic heterocycles. The van der Waals surface area contributed by atoms with E-state index in [9.17, 15) is 9.90 Å². The third-order valence-corrected chi connectivity index (χ3v) is 8.65. The Balaban J connectivity index is 1.73. The average Bonchev–Trinajstić information content (AvgIpc) is 3.48. The number of carbonyl (C=O) groups is 1. The molecule has 182 valence electrons. The lowest BCUT2D eigenvalue weighted by molar-refractivity contribution is -0.256. The summed E-state index contributed by atoms with van der Waals surface area (Å²) in [6.07, 6.45) is -0.941. The minimum atomic E-state index is -1.09. The number of ether oxygens (including phenoxy) is 2. The number of rotatable bonds is 2. The van der Waals surface area contributed by atoms with Gasteiger partial charge in [0.05, 0.1) is 27.6 Å². The average molecular weight is 483 g/mol. The number of fused-ring (bicyclic) bond motifs is 13. The standard InChI is InChI=1S/C28H26N4O4/c1-28-25(35-3)15(29-2)12-18(36-28)31-16-10-6-4-8-13(16)19-21-22(27(34)30-26(21)33)20-14-9-5-7-11-17(14)32(28)24(20)23(19)31/h4-11,15,18,25,27,29,34H,12H2,1-3H3,(H,30,33)/t15-,18?,25+,27-,28+/m0/s1. The van der Waals surface area contributed by atoms with Crippen molar-refractivity contribution >= 4 is 49.5 Å². The fourth-order valence-corrected chi connectivity index (χ4v) is 7.38. The Hall–Kier alpha value is -3.43. The van der Waals surface area contributed by atoms with Crippen LogP contribution in [0.25, 0.3) is 43.6 Å². The van der Waals surface area contributed by atoms with E-state index in [4.69, 9.17) is 9.47 Å². The summed E-state index contributed by atoms with van der Waals surface area (Å²) < 4.78 is 17.7. The first-order valence-electron chi connectivity index (χ1n) is 12.4. The van der Waals surface area contributed by atoms with Gasteiger partial charge in [0.2, 0.25) is 0 Å². The maximum absolute atomic E-state index is 13.4. The second-order valence-electron chi connectivity index (χ2n) is 10.3. The van der Waals surface area contributed by atoms with E-state index in [0.29, 0.717) is 17.5 Å². The zero-order valence-electron chi connectivity index (χ0n) is 20.2. The van der Waals surface area contributed by atoms with Gasteiger partial charge in [-0.15, -0.1) is 0 Å². The van der Waals surface area contributed by atoms with Crippen LogP contribution in [-0.4, -0.2) is 46.5 Å². The van der Waals surface area contributed by atoms with Gasteiger partial charge in [0, 0.05) is 46.7 Å². The van der Waals surface area contributed by atoms with E-state index in [2.05, 4.69) is 51.0 Å². The maximum Gasteiger partial charge on any atom is 0.254 e. The molecular weight excluding hydrogens is 456 g/mol. The van der Waals surface area contributed by atoms with Gasteiger partial charge in [-0.3, -0.25) is 4.79 Å².